The fourth-order valence-electron chi connectivity index (χ4n) is 8.92. The summed E-state index contributed by atoms with van der Waals surface area (Å²) in [5, 5.41) is 72.3. The second-order valence-electron chi connectivity index (χ2n) is 20.1. The quantitative estimate of drug-likeness (QED) is 0.0171. The lowest BCUT2D eigenvalue weighted by Crippen LogP contribution is -2.61. The Hall–Kier alpha value is -2.54. The van der Waals surface area contributed by atoms with E-state index < -0.39 is 92.7 Å². The molecule has 0 spiro atoms. The van der Waals surface area contributed by atoms with Gasteiger partial charge in [-0.3, -0.25) is 9.59 Å². The molecule has 0 bridgehead atoms. The van der Waals surface area contributed by atoms with Crippen LogP contribution in [0, 0.1) is 0 Å². The SMILES string of the molecule is CC/C=C\C/C=C\C/C=C\C/C=C\CCCCCCCCCCC(=O)OC(COC(=O)CCCCCCCCCCCCCCCCCC)COC1OC(COC2OC(CO)C(O)C(O)C2O)C(O)C(O)C1O. The van der Waals surface area contributed by atoms with Gasteiger partial charge in [0.1, 0.15) is 55.4 Å². The van der Waals surface area contributed by atoms with Crippen LogP contribution in [0.4, 0.5) is 0 Å². The van der Waals surface area contributed by atoms with Crippen molar-refractivity contribution in [3.63, 3.8) is 0 Å². The molecule has 0 aromatic rings. The molecule has 0 aromatic heterocycles. The molecule has 73 heavy (non-hydrogen) atoms. The standard InChI is InChI=1S/C58H102O15/c1-3-5-7-9-11-13-15-17-19-21-22-23-24-25-27-29-31-33-35-37-39-41-50(61)71-46(43-68-49(60)40-38-36-34-32-30-28-26-20-18-16-14-12-10-8-6-4-2)44-69-57-56(67)54(65)52(63)48(73-57)45-70-58-55(66)53(64)51(62)47(42-59)72-58/h5,7,11,13,17,19,22-23,46-48,51-59,62-67H,3-4,6,8-10,12,14-16,18,20-21,24-45H2,1-2H3/b7-5-,13-11-,19-17-,23-22-. The summed E-state index contributed by atoms with van der Waals surface area (Å²) in [6, 6.07) is 0. The summed E-state index contributed by atoms with van der Waals surface area (Å²) in [7, 11) is 0. The van der Waals surface area contributed by atoms with Gasteiger partial charge < -0.3 is 64.2 Å². The van der Waals surface area contributed by atoms with Gasteiger partial charge in [0.2, 0.25) is 0 Å². The lowest BCUT2D eigenvalue weighted by Gasteiger charge is -2.42. The van der Waals surface area contributed by atoms with Gasteiger partial charge in [-0.1, -0.05) is 197 Å². The van der Waals surface area contributed by atoms with Crippen LogP contribution in [0.3, 0.4) is 0 Å². The predicted molar refractivity (Wildman–Crippen MR) is 284 cm³/mol. The van der Waals surface area contributed by atoms with Gasteiger partial charge in [0, 0.05) is 12.8 Å². The van der Waals surface area contributed by atoms with Crippen LogP contribution in [-0.4, -0.2) is 142 Å². The highest BCUT2D eigenvalue weighted by molar-refractivity contribution is 5.70. The normalized spacial score (nSPS) is 25.2. The molecule has 2 rings (SSSR count). The molecule has 0 radical (unpaired) electrons. The highest BCUT2D eigenvalue weighted by atomic mass is 16.7. The van der Waals surface area contributed by atoms with Gasteiger partial charge in [0.15, 0.2) is 18.7 Å². The Bertz CT molecular complexity index is 1450. The summed E-state index contributed by atoms with van der Waals surface area (Å²) in [6.45, 7) is 2.50. The first kappa shape index (κ1) is 66.6. The van der Waals surface area contributed by atoms with Gasteiger partial charge in [-0.25, -0.2) is 0 Å². The van der Waals surface area contributed by atoms with Crippen molar-refractivity contribution in [1.29, 1.82) is 0 Å². The van der Waals surface area contributed by atoms with E-state index in [1.807, 2.05) is 0 Å². The summed E-state index contributed by atoms with van der Waals surface area (Å²) >= 11 is 0. The zero-order valence-corrected chi connectivity index (χ0v) is 45.1. The van der Waals surface area contributed by atoms with Crippen LogP contribution in [0.2, 0.25) is 0 Å². The van der Waals surface area contributed by atoms with E-state index in [0.29, 0.717) is 12.8 Å². The molecule has 424 valence electrons. The van der Waals surface area contributed by atoms with Crippen molar-refractivity contribution < 1.29 is 73.8 Å². The lowest BCUT2D eigenvalue weighted by molar-refractivity contribution is -0.332. The number of hydrogen-bond acceptors (Lipinski definition) is 15. The molecular formula is C58H102O15. The van der Waals surface area contributed by atoms with Crippen LogP contribution >= 0.6 is 0 Å². The van der Waals surface area contributed by atoms with Gasteiger partial charge in [0.25, 0.3) is 0 Å². The Morgan fingerprint density at radius 3 is 1.36 bits per heavy atom. The highest BCUT2D eigenvalue weighted by Gasteiger charge is 2.47. The molecule has 2 saturated heterocycles. The predicted octanol–water partition coefficient (Wildman–Crippen LogP) is 9.44. The third-order valence-corrected chi connectivity index (χ3v) is 13.6. The van der Waals surface area contributed by atoms with Crippen molar-refractivity contribution >= 4 is 11.9 Å². The number of aliphatic hydroxyl groups is 7. The molecule has 7 N–H and O–H groups in total. The van der Waals surface area contributed by atoms with Crippen molar-refractivity contribution in [2.45, 2.75) is 280 Å². The van der Waals surface area contributed by atoms with Crippen molar-refractivity contribution in [2.75, 3.05) is 26.4 Å². The molecule has 15 heteroatoms. The van der Waals surface area contributed by atoms with Gasteiger partial charge in [0.05, 0.1) is 19.8 Å². The molecule has 2 heterocycles. The monoisotopic (exact) mass is 1040 g/mol. The molecule has 0 amide bonds. The van der Waals surface area contributed by atoms with Gasteiger partial charge in [-0.05, 0) is 51.4 Å². The maximum absolute atomic E-state index is 13.1. The summed E-state index contributed by atoms with van der Waals surface area (Å²) in [4.78, 5) is 25.9. The number of aliphatic hydroxyl groups excluding tert-OH is 7. The lowest BCUT2D eigenvalue weighted by atomic mass is 9.98. The largest absolute Gasteiger partial charge is 0.462 e. The summed E-state index contributed by atoms with van der Waals surface area (Å²) in [5.74, 6) is -0.927. The third-order valence-electron chi connectivity index (χ3n) is 13.6. The van der Waals surface area contributed by atoms with Gasteiger partial charge >= 0.3 is 11.9 Å². The molecule has 11 atom stereocenters. The maximum Gasteiger partial charge on any atom is 0.306 e. The molecule has 15 nitrogen and oxygen atoms in total. The first-order valence-corrected chi connectivity index (χ1v) is 28.7. The molecule has 2 fully saturated rings. The van der Waals surface area contributed by atoms with Crippen LogP contribution in [0.15, 0.2) is 48.6 Å². The second kappa shape index (κ2) is 44.6. The van der Waals surface area contributed by atoms with Crippen LogP contribution < -0.4 is 0 Å². The summed E-state index contributed by atoms with van der Waals surface area (Å²) in [5.41, 5.74) is 0. The van der Waals surface area contributed by atoms with E-state index in [-0.39, 0.29) is 26.1 Å². The van der Waals surface area contributed by atoms with E-state index in [1.54, 1.807) is 0 Å². The minimum atomic E-state index is -1.77. The van der Waals surface area contributed by atoms with Crippen molar-refractivity contribution in [3.05, 3.63) is 48.6 Å². The minimum Gasteiger partial charge on any atom is -0.462 e. The van der Waals surface area contributed by atoms with E-state index in [9.17, 15) is 45.3 Å². The number of esters is 2. The van der Waals surface area contributed by atoms with Gasteiger partial charge in [-0.15, -0.1) is 0 Å². The number of allylic oxidation sites excluding steroid dienone is 8. The third kappa shape index (κ3) is 32.0. The number of rotatable bonds is 45. The first-order chi connectivity index (χ1) is 35.5. The Labute approximate surface area is 439 Å². The Morgan fingerprint density at radius 1 is 0.452 bits per heavy atom. The first-order valence-electron chi connectivity index (χ1n) is 28.7. The topological polar surface area (TPSA) is 231 Å². The van der Waals surface area contributed by atoms with Gasteiger partial charge in [-0.2, -0.15) is 0 Å². The number of unbranched alkanes of at least 4 members (excludes halogenated alkanes) is 23. The maximum atomic E-state index is 13.1. The Kier molecular flexibility index (Phi) is 40.6. The molecule has 0 saturated carbocycles. The zero-order valence-electron chi connectivity index (χ0n) is 45.1. The Morgan fingerprint density at radius 2 is 0.863 bits per heavy atom. The fraction of sp³-hybridized carbons (Fsp3) is 0.828. The van der Waals surface area contributed by atoms with Crippen molar-refractivity contribution in [2.24, 2.45) is 0 Å². The molecule has 2 aliphatic rings. The van der Waals surface area contributed by atoms with Crippen molar-refractivity contribution in [3.8, 4) is 0 Å². The van der Waals surface area contributed by atoms with E-state index in [2.05, 4.69) is 62.5 Å². The smallest absolute Gasteiger partial charge is 0.306 e. The highest BCUT2D eigenvalue weighted by Crippen LogP contribution is 2.27. The summed E-state index contributed by atoms with van der Waals surface area (Å²) in [6.07, 6.45) is 34.1. The van der Waals surface area contributed by atoms with Crippen LogP contribution in [0.1, 0.15) is 213 Å². The van der Waals surface area contributed by atoms with Crippen LogP contribution in [0.5, 0.6) is 0 Å². The average Bonchev–Trinajstić information content (AvgIpc) is 3.38. The van der Waals surface area contributed by atoms with E-state index in [4.69, 9.17) is 28.4 Å². The second-order valence-corrected chi connectivity index (χ2v) is 20.1. The number of hydrogen-bond donors (Lipinski definition) is 7. The fourth-order valence-corrected chi connectivity index (χ4v) is 8.92. The molecule has 11 unspecified atom stereocenters. The van der Waals surface area contributed by atoms with E-state index in [0.717, 1.165) is 77.0 Å². The van der Waals surface area contributed by atoms with E-state index >= 15 is 0 Å². The molecule has 0 aromatic carbocycles. The van der Waals surface area contributed by atoms with Crippen LogP contribution in [-0.2, 0) is 38.0 Å². The number of carbonyl (C=O) groups is 2. The van der Waals surface area contributed by atoms with Crippen LogP contribution in [0.25, 0.3) is 0 Å². The Balaban J connectivity index is 1.76. The molecular weight excluding hydrogens is 937 g/mol. The molecule has 0 aliphatic carbocycles. The zero-order chi connectivity index (χ0) is 53.2. The van der Waals surface area contributed by atoms with E-state index in [1.165, 1.54) is 96.3 Å². The number of carbonyl (C=O) groups excluding carboxylic acids is 2. The number of ether oxygens (including phenoxy) is 6. The van der Waals surface area contributed by atoms with Crippen molar-refractivity contribution in [1.82, 2.24) is 0 Å². The summed E-state index contributed by atoms with van der Waals surface area (Å²) < 4.78 is 33.7. The average molecular weight is 1040 g/mol. The molecule has 2 aliphatic heterocycles. The minimum absolute atomic E-state index is 0.156.